The topological polar surface area (TPSA) is 35.6 Å². The fourth-order valence-corrected chi connectivity index (χ4v) is 4.28. The summed E-state index contributed by atoms with van der Waals surface area (Å²) >= 11 is 0. The molecule has 148 valence electrons. The second-order valence-electron chi connectivity index (χ2n) is 8.23. The van der Waals surface area contributed by atoms with Gasteiger partial charge in [-0.15, -0.1) is 0 Å². The molecular weight excluding hydrogens is 346 g/mol. The monoisotopic (exact) mass is 377 g/mol. The Morgan fingerprint density at radius 1 is 0.929 bits per heavy atom. The van der Waals surface area contributed by atoms with E-state index in [1.807, 2.05) is 0 Å². The van der Waals surface area contributed by atoms with E-state index in [-0.39, 0.29) is 11.9 Å². The van der Waals surface area contributed by atoms with Gasteiger partial charge in [0.25, 0.3) is 0 Å². The summed E-state index contributed by atoms with van der Waals surface area (Å²) in [6.07, 6.45) is 2.53. The van der Waals surface area contributed by atoms with Crippen LogP contribution in [0, 0.1) is 5.92 Å². The molecule has 1 aliphatic heterocycles. The number of piperazine rings is 1. The van der Waals surface area contributed by atoms with Crippen LogP contribution in [0.5, 0.6) is 0 Å². The summed E-state index contributed by atoms with van der Waals surface area (Å²) in [5.41, 5.74) is 2.66. The van der Waals surface area contributed by atoms with Gasteiger partial charge in [-0.1, -0.05) is 60.7 Å². The maximum atomic E-state index is 12.3. The normalized spacial score (nSPS) is 19.5. The fraction of sp³-hybridized carbons (Fsp3) is 0.458. The van der Waals surface area contributed by atoms with E-state index in [1.54, 1.807) is 0 Å². The van der Waals surface area contributed by atoms with Crippen molar-refractivity contribution >= 4 is 5.91 Å². The molecular formula is C24H31N3O. The Balaban J connectivity index is 1.37. The van der Waals surface area contributed by atoms with Crippen molar-refractivity contribution in [3.63, 3.8) is 0 Å². The summed E-state index contributed by atoms with van der Waals surface area (Å²) in [6.45, 7) is 6.46. The Bertz CT molecular complexity index is 712. The molecule has 1 amide bonds. The highest BCUT2D eigenvalue weighted by Gasteiger charge is 2.30. The van der Waals surface area contributed by atoms with Gasteiger partial charge < -0.3 is 5.32 Å². The molecule has 0 bridgehead atoms. The van der Waals surface area contributed by atoms with E-state index in [2.05, 4.69) is 82.7 Å². The molecule has 2 fully saturated rings. The van der Waals surface area contributed by atoms with Gasteiger partial charge in [0, 0.05) is 32.2 Å². The number of benzene rings is 2. The highest BCUT2D eigenvalue weighted by atomic mass is 16.2. The van der Waals surface area contributed by atoms with E-state index >= 15 is 0 Å². The van der Waals surface area contributed by atoms with Crippen molar-refractivity contribution in [2.45, 2.75) is 31.8 Å². The smallest absolute Gasteiger partial charge is 0.234 e. The molecule has 1 heterocycles. The minimum atomic E-state index is 0.176. The van der Waals surface area contributed by atoms with Crippen LogP contribution in [0.4, 0.5) is 0 Å². The second-order valence-corrected chi connectivity index (χ2v) is 8.23. The van der Waals surface area contributed by atoms with Crippen LogP contribution in [-0.4, -0.2) is 54.5 Å². The molecule has 1 N–H and O–H groups in total. The van der Waals surface area contributed by atoms with Crippen LogP contribution in [0.15, 0.2) is 60.7 Å². The standard InChI is InChI=1S/C24H31N3O/c1-19(20-12-13-20)25-23(28)18-26-14-16-27(17-15-26)24(21-8-4-2-5-9-21)22-10-6-3-7-11-22/h2-11,19-20,24H,12-18H2,1H3,(H,25,28)/t19-/m0/s1. The highest BCUT2D eigenvalue weighted by molar-refractivity contribution is 5.78. The Morgan fingerprint density at radius 2 is 1.46 bits per heavy atom. The van der Waals surface area contributed by atoms with E-state index < -0.39 is 0 Å². The van der Waals surface area contributed by atoms with Gasteiger partial charge in [0.1, 0.15) is 0 Å². The maximum absolute atomic E-state index is 12.3. The number of hydrogen-bond acceptors (Lipinski definition) is 3. The van der Waals surface area contributed by atoms with Gasteiger partial charge in [-0.25, -0.2) is 0 Å². The predicted molar refractivity (Wildman–Crippen MR) is 113 cm³/mol. The SMILES string of the molecule is C[C@H](NC(=O)CN1CCN(C(c2ccccc2)c2ccccc2)CC1)C1CC1. The van der Waals surface area contributed by atoms with Crippen LogP contribution in [0.3, 0.4) is 0 Å². The zero-order valence-corrected chi connectivity index (χ0v) is 16.8. The minimum Gasteiger partial charge on any atom is -0.352 e. The van der Waals surface area contributed by atoms with Crippen LogP contribution in [0.25, 0.3) is 0 Å². The largest absolute Gasteiger partial charge is 0.352 e. The van der Waals surface area contributed by atoms with E-state index in [9.17, 15) is 4.79 Å². The molecule has 0 aromatic heterocycles. The van der Waals surface area contributed by atoms with Gasteiger partial charge in [0.15, 0.2) is 0 Å². The molecule has 28 heavy (non-hydrogen) atoms. The maximum Gasteiger partial charge on any atom is 0.234 e. The lowest BCUT2D eigenvalue weighted by Crippen LogP contribution is -2.51. The van der Waals surface area contributed by atoms with Crippen LogP contribution in [-0.2, 0) is 4.79 Å². The molecule has 0 unspecified atom stereocenters. The van der Waals surface area contributed by atoms with Gasteiger partial charge in [-0.05, 0) is 36.8 Å². The van der Waals surface area contributed by atoms with Crippen molar-refractivity contribution in [1.29, 1.82) is 0 Å². The Hall–Kier alpha value is -2.17. The summed E-state index contributed by atoms with van der Waals surface area (Å²) in [5.74, 6) is 0.883. The summed E-state index contributed by atoms with van der Waals surface area (Å²) in [7, 11) is 0. The van der Waals surface area contributed by atoms with Crippen molar-refractivity contribution in [3.8, 4) is 0 Å². The highest BCUT2D eigenvalue weighted by Crippen LogP contribution is 2.32. The molecule has 1 aliphatic carbocycles. The summed E-state index contributed by atoms with van der Waals surface area (Å²) in [4.78, 5) is 17.2. The first-order valence-corrected chi connectivity index (χ1v) is 10.6. The zero-order chi connectivity index (χ0) is 19.3. The third kappa shape index (κ3) is 4.81. The number of hydrogen-bond donors (Lipinski definition) is 1. The Kier molecular flexibility index (Phi) is 6.08. The lowest BCUT2D eigenvalue weighted by molar-refractivity contribution is -0.123. The molecule has 2 aromatic rings. The number of carbonyl (C=O) groups excluding carboxylic acids is 1. The molecule has 0 radical (unpaired) electrons. The lowest BCUT2D eigenvalue weighted by Gasteiger charge is -2.39. The first-order valence-electron chi connectivity index (χ1n) is 10.6. The number of amides is 1. The lowest BCUT2D eigenvalue weighted by atomic mass is 9.96. The van der Waals surface area contributed by atoms with Gasteiger partial charge in [-0.2, -0.15) is 0 Å². The predicted octanol–water partition coefficient (Wildman–Crippen LogP) is 3.31. The van der Waals surface area contributed by atoms with Crippen LogP contribution in [0.2, 0.25) is 0 Å². The average Bonchev–Trinajstić information content (AvgIpc) is 3.57. The summed E-state index contributed by atoms with van der Waals surface area (Å²) < 4.78 is 0. The first kappa shape index (κ1) is 19.2. The van der Waals surface area contributed by atoms with Crippen molar-refractivity contribution in [3.05, 3.63) is 71.8 Å². The third-order valence-corrected chi connectivity index (χ3v) is 6.09. The van der Waals surface area contributed by atoms with Crippen molar-refractivity contribution in [1.82, 2.24) is 15.1 Å². The molecule has 4 heteroatoms. The molecule has 4 nitrogen and oxygen atoms in total. The molecule has 1 atom stereocenters. The fourth-order valence-electron chi connectivity index (χ4n) is 4.28. The number of rotatable bonds is 7. The molecule has 2 aliphatic rings. The molecule has 1 saturated heterocycles. The van der Waals surface area contributed by atoms with Gasteiger partial charge in [0.2, 0.25) is 5.91 Å². The van der Waals surface area contributed by atoms with E-state index in [0.717, 1.165) is 26.2 Å². The van der Waals surface area contributed by atoms with E-state index in [0.29, 0.717) is 18.5 Å². The van der Waals surface area contributed by atoms with Crippen molar-refractivity contribution in [2.24, 2.45) is 5.92 Å². The van der Waals surface area contributed by atoms with Gasteiger partial charge in [-0.3, -0.25) is 14.6 Å². The zero-order valence-electron chi connectivity index (χ0n) is 16.8. The molecule has 4 rings (SSSR count). The van der Waals surface area contributed by atoms with Crippen molar-refractivity contribution < 1.29 is 4.79 Å². The molecule has 1 saturated carbocycles. The van der Waals surface area contributed by atoms with Crippen LogP contribution < -0.4 is 5.32 Å². The minimum absolute atomic E-state index is 0.176. The molecule has 0 spiro atoms. The average molecular weight is 378 g/mol. The van der Waals surface area contributed by atoms with Crippen LogP contribution >= 0.6 is 0 Å². The van der Waals surface area contributed by atoms with E-state index in [1.165, 1.54) is 24.0 Å². The second kappa shape index (κ2) is 8.89. The third-order valence-electron chi connectivity index (χ3n) is 6.09. The Morgan fingerprint density at radius 3 is 1.96 bits per heavy atom. The first-order chi connectivity index (χ1) is 13.7. The van der Waals surface area contributed by atoms with Gasteiger partial charge >= 0.3 is 0 Å². The van der Waals surface area contributed by atoms with Crippen LogP contribution in [0.1, 0.15) is 36.9 Å². The van der Waals surface area contributed by atoms with Crippen molar-refractivity contribution in [2.75, 3.05) is 32.7 Å². The summed E-state index contributed by atoms with van der Waals surface area (Å²) in [5, 5.41) is 3.18. The van der Waals surface area contributed by atoms with E-state index in [4.69, 9.17) is 0 Å². The summed E-state index contributed by atoms with van der Waals surface area (Å²) in [6, 6.07) is 22.1. The molecule has 2 aromatic carbocycles. The number of nitrogens with one attached hydrogen (secondary N) is 1. The van der Waals surface area contributed by atoms with Gasteiger partial charge in [0.05, 0.1) is 12.6 Å². The Labute approximate surface area is 168 Å². The quantitative estimate of drug-likeness (QED) is 0.804. The number of carbonyl (C=O) groups is 1. The number of nitrogens with zero attached hydrogens (tertiary/aromatic N) is 2.